The average molecular weight is 262 g/mol. The first-order valence-corrected chi connectivity index (χ1v) is 5.77. The van der Waals surface area contributed by atoms with Gasteiger partial charge in [0, 0.05) is 12.0 Å². The maximum atomic E-state index is 12.0. The molecule has 98 valence electrons. The second-order valence-corrected chi connectivity index (χ2v) is 3.99. The SMILES string of the molecule is O=C(Cc1ccccc1)c1ccc(OC(F)F)cc1. The van der Waals surface area contributed by atoms with Crippen molar-refractivity contribution in [3.8, 4) is 5.75 Å². The van der Waals surface area contributed by atoms with E-state index in [1.165, 1.54) is 24.3 Å². The smallest absolute Gasteiger partial charge is 0.387 e. The molecular formula is C15H12F2O2. The molecule has 2 aromatic rings. The second-order valence-electron chi connectivity index (χ2n) is 3.99. The molecule has 19 heavy (non-hydrogen) atoms. The Bertz CT molecular complexity index is 536. The van der Waals surface area contributed by atoms with Crippen molar-refractivity contribution in [2.45, 2.75) is 13.0 Å². The third-order valence-electron chi connectivity index (χ3n) is 2.61. The number of alkyl halides is 2. The predicted octanol–water partition coefficient (Wildman–Crippen LogP) is 3.71. The molecule has 0 heterocycles. The molecule has 0 aliphatic carbocycles. The zero-order valence-electron chi connectivity index (χ0n) is 10.1. The average Bonchev–Trinajstić information content (AvgIpc) is 2.40. The van der Waals surface area contributed by atoms with Crippen LogP contribution in [0, 0.1) is 0 Å². The first kappa shape index (κ1) is 13.2. The molecule has 0 aliphatic rings. The molecule has 0 bridgehead atoms. The van der Waals surface area contributed by atoms with Gasteiger partial charge in [0.25, 0.3) is 0 Å². The number of rotatable bonds is 5. The van der Waals surface area contributed by atoms with E-state index >= 15 is 0 Å². The lowest BCUT2D eigenvalue weighted by Gasteiger charge is -2.05. The minimum Gasteiger partial charge on any atom is -0.435 e. The third kappa shape index (κ3) is 3.88. The maximum Gasteiger partial charge on any atom is 0.387 e. The molecule has 0 fully saturated rings. The lowest BCUT2D eigenvalue weighted by atomic mass is 10.0. The van der Waals surface area contributed by atoms with Gasteiger partial charge in [-0.25, -0.2) is 0 Å². The van der Waals surface area contributed by atoms with Crippen molar-refractivity contribution in [2.75, 3.05) is 0 Å². The lowest BCUT2D eigenvalue weighted by Crippen LogP contribution is -2.05. The first-order chi connectivity index (χ1) is 9.15. The Morgan fingerprint density at radius 1 is 1.00 bits per heavy atom. The summed E-state index contributed by atoms with van der Waals surface area (Å²) >= 11 is 0. The monoisotopic (exact) mass is 262 g/mol. The minimum absolute atomic E-state index is 0.0475. The Hall–Kier alpha value is -2.23. The van der Waals surface area contributed by atoms with Gasteiger partial charge in [-0.05, 0) is 29.8 Å². The normalized spacial score (nSPS) is 10.5. The number of carbonyl (C=O) groups is 1. The molecule has 0 amide bonds. The fraction of sp³-hybridized carbons (Fsp3) is 0.133. The molecule has 0 atom stereocenters. The van der Waals surface area contributed by atoms with Gasteiger partial charge in [0.2, 0.25) is 0 Å². The summed E-state index contributed by atoms with van der Waals surface area (Å²) in [6.45, 7) is -2.86. The molecule has 2 rings (SSSR count). The van der Waals surface area contributed by atoms with Crippen molar-refractivity contribution in [2.24, 2.45) is 0 Å². The highest BCUT2D eigenvalue weighted by Crippen LogP contribution is 2.16. The number of ether oxygens (including phenoxy) is 1. The highest BCUT2D eigenvalue weighted by molar-refractivity contribution is 5.97. The Kier molecular flexibility index (Phi) is 4.23. The third-order valence-corrected chi connectivity index (χ3v) is 2.61. The van der Waals surface area contributed by atoms with Crippen molar-refractivity contribution in [1.29, 1.82) is 0 Å². The number of carbonyl (C=O) groups excluding carboxylic acids is 1. The standard InChI is InChI=1S/C15H12F2O2/c16-15(17)19-13-8-6-12(7-9-13)14(18)10-11-4-2-1-3-5-11/h1-9,15H,10H2. The van der Waals surface area contributed by atoms with Crippen LogP contribution >= 0.6 is 0 Å². The van der Waals surface area contributed by atoms with E-state index in [2.05, 4.69) is 4.74 Å². The summed E-state index contributed by atoms with van der Waals surface area (Å²) in [6.07, 6.45) is 0.288. The lowest BCUT2D eigenvalue weighted by molar-refractivity contribution is -0.0498. The Morgan fingerprint density at radius 2 is 1.63 bits per heavy atom. The van der Waals surface area contributed by atoms with Gasteiger partial charge < -0.3 is 4.74 Å². The van der Waals surface area contributed by atoms with Crippen molar-refractivity contribution in [3.63, 3.8) is 0 Å². The number of benzene rings is 2. The molecule has 0 saturated carbocycles. The molecule has 0 unspecified atom stereocenters. The number of hydrogen-bond acceptors (Lipinski definition) is 2. The van der Waals surface area contributed by atoms with E-state index in [0.717, 1.165) is 5.56 Å². The Balaban J connectivity index is 2.04. The predicted molar refractivity (Wildman–Crippen MR) is 67.6 cm³/mol. The summed E-state index contributed by atoms with van der Waals surface area (Å²) in [7, 11) is 0. The first-order valence-electron chi connectivity index (χ1n) is 5.77. The molecule has 0 N–H and O–H groups in total. The molecule has 2 aromatic carbocycles. The second kappa shape index (κ2) is 6.09. The number of hydrogen-bond donors (Lipinski definition) is 0. The van der Waals surface area contributed by atoms with Gasteiger partial charge in [0.1, 0.15) is 5.75 Å². The summed E-state index contributed by atoms with van der Waals surface area (Å²) in [4.78, 5) is 12.0. The quantitative estimate of drug-likeness (QED) is 0.768. The van der Waals surface area contributed by atoms with E-state index in [1.54, 1.807) is 0 Å². The fourth-order valence-corrected chi connectivity index (χ4v) is 1.71. The van der Waals surface area contributed by atoms with E-state index in [1.807, 2.05) is 30.3 Å². The molecule has 0 radical (unpaired) electrons. The van der Waals surface area contributed by atoms with Crippen LogP contribution in [0.4, 0.5) is 8.78 Å². The van der Waals surface area contributed by atoms with Crippen molar-refractivity contribution in [3.05, 3.63) is 65.7 Å². The Labute approximate surface area is 109 Å². The summed E-state index contributed by atoms with van der Waals surface area (Å²) in [5.74, 6) is -0.0129. The highest BCUT2D eigenvalue weighted by Gasteiger charge is 2.08. The topological polar surface area (TPSA) is 26.3 Å². The van der Waals surface area contributed by atoms with Crippen LogP contribution in [-0.4, -0.2) is 12.4 Å². The van der Waals surface area contributed by atoms with Crippen molar-refractivity contribution in [1.82, 2.24) is 0 Å². The van der Waals surface area contributed by atoms with Gasteiger partial charge in [-0.1, -0.05) is 30.3 Å². The summed E-state index contributed by atoms with van der Waals surface area (Å²) in [5.41, 5.74) is 1.39. The van der Waals surface area contributed by atoms with Gasteiger partial charge >= 0.3 is 6.61 Å². The van der Waals surface area contributed by atoms with Crippen LogP contribution in [0.25, 0.3) is 0 Å². The van der Waals surface area contributed by atoms with Crippen LogP contribution in [0.5, 0.6) is 5.75 Å². The van der Waals surface area contributed by atoms with Crippen molar-refractivity contribution < 1.29 is 18.3 Å². The highest BCUT2D eigenvalue weighted by atomic mass is 19.3. The minimum atomic E-state index is -2.86. The van der Waals surface area contributed by atoms with Gasteiger partial charge in [-0.3, -0.25) is 4.79 Å². The Morgan fingerprint density at radius 3 is 2.21 bits per heavy atom. The van der Waals surface area contributed by atoms with E-state index < -0.39 is 6.61 Å². The van der Waals surface area contributed by atoms with Gasteiger partial charge in [-0.2, -0.15) is 8.78 Å². The van der Waals surface area contributed by atoms with E-state index in [9.17, 15) is 13.6 Å². The zero-order valence-corrected chi connectivity index (χ0v) is 10.1. The van der Waals surface area contributed by atoms with Crippen LogP contribution in [0.15, 0.2) is 54.6 Å². The summed E-state index contributed by atoms with van der Waals surface area (Å²) in [6, 6.07) is 15.0. The zero-order chi connectivity index (χ0) is 13.7. The summed E-state index contributed by atoms with van der Waals surface area (Å²) < 4.78 is 28.2. The van der Waals surface area contributed by atoms with E-state index in [4.69, 9.17) is 0 Å². The van der Waals surface area contributed by atoms with Crippen LogP contribution < -0.4 is 4.74 Å². The number of Topliss-reactive ketones (excluding diaryl/α,β-unsaturated/α-hetero) is 1. The fourth-order valence-electron chi connectivity index (χ4n) is 1.71. The molecule has 0 saturated heterocycles. The van der Waals surface area contributed by atoms with Gasteiger partial charge in [0.05, 0.1) is 0 Å². The largest absolute Gasteiger partial charge is 0.435 e. The molecule has 0 spiro atoms. The molecule has 0 aromatic heterocycles. The van der Waals surface area contributed by atoms with Crippen LogP contribution in [-0.2, 0) is 6.42 Å². The van der Waals surface area contributed by atoms with Gasteiger partial charge in [-0.15, -0.1) is 0 Å². The van der Waals surface area contributed by atoms with Crippen LogP contribution in [0.3, 0.4) is 0 Å². The van der Waals surface area contributed by atoms with Crippen LogP contribution in [0.2, 0.25) is 0 Å². The molecule has 2 nitrogen and oxygen atoms in total. The maximum absolute atomic E-state index is 12.0. The summed E-state index contributed by atoms with van der Waals surface area (Å²) in [5, 5.41) is 0. The molecule has 4 heteroatoms. The van der Waals surface area contributed by atoms with E-state index in [0.29, 0.717) is 5.56 Å². The molecular weight excluding hydrogens is 250 g/mol. The number of ketones is 1. The van der Waals surface area contributed by atoms with E-state index in [-0.39, 0.29) is 18.0 Å². The number of halogens is 2. The van der Waals surface area contributed by atoms with Gasteiger partial charge in [0.15, 0.2) is 5.78 Å². The molecule has 0 aliphatic heterocycles. The van der Waals surface area contributed by atoms with Crippen molar-refractivity contribution >= 4 is 5.78 Å². The van der Waals surface area contributed by atoms with Crippen LogP contribution in [0.1, 0.15) is 15.9 Å².